The molecule has 198 valence electrons. The number of carbonyl (C=O) groups is 2. The molecule has 2 amide bonds. The van der Waals surface area contributed by atoms with Gasteiger partial charge in [0.05, 0.1) is 37.8 Å². The number of aryl methyl sites for hydroxylation is 1. The minimum atomic E-state index is -0.171. The van der Waals surface area contributed by atoms with Crippen LogP contribution in [0, 0.1) is 0 Å². The average molecular weight is 535 g/mol. The van der Waals surface area contributed by atoms with E-state index in [0.717, 1.165) is 36.8 Å². The lowest BCUT2D eigenvalue weighted by Gasteiger charge is -2.26. The highest BCUT2D eigenvalue weighted by Gasteiger charge is 2.25. The highest BCUT2D eigenvalue weighted by molar-refractivity contribution is 7.16. The maximum absolute atomic E-state index is 13.3. The van der Waals surface area contributed by atoms with Crippen LogP contribution in [0.2, 0.25) is 0 Å². The molecular weight excluding hydrogens is 504 g/mol. The summed E-state index contributed by atoms with van der Waals surface area (Å²) in [5.74, 6) is 0.730. The molecule has 1 fully saturated rings. The number of aromatic nitrogens is 1. The van der Waals surface area contributed by atoms with Gasteiger partial charge < -0.3 is 24.4 Å². The lowest BCUT2D eigenvalue weighted by molar-refractivity contribution is -0.137. The molecule has 0 atom stereocenters. The van der Waals surface area contributed by atoms with Crippen molar-refractivity contribution >= 4 is 40.1 Å². The number of anilines is 1. The second-order valence-corrected chi connectivity index (χ2v) is 10.1. The van der Waals surface area contributed by atoms with Gasteiger partial charge in [-0.15, -0.1) is 11.3 Å². The number of ether oxygens (including phenoxy) is 3. The van der Waals surface area contributed by atoms with Crippen molar-refractivity contribution in [2.45, 2.75) is 25.7 Å². The van der Waals surface area contributed by atoms with Crippen molar-refractivity contribution in [1.29, 1.82) is 0 Å². The standard InChI is InChI=1S/C28H30N4O5S/c1-35-23-15-19(8-9-22(23)37-18-25(33)32-11-13-36-14-12-32)16-30-28-26(21-6-2-3-7-24(21)38-28)27(34)31-20-5-4-10-29-17-20/h4-5,8-10,15-17H,2-3,6-7,11-14,18H2,1H3,(H,31,34). The summed E-state index contributed by atoms with van der Waals surface area (Å²) in [7, 11) is 1.56. The number of aliphatic imine (C=N–C) groups is 1. The van der Waals surface area contributed by atoms with E-state index in [0.29, 0.717) is 54.1 Å². The van der Waals surface area contributed by atoms with Gasteiger partial charge in [-0.1, -0.05) is 0 Å². The van der Waals surface area contributed by atoms with E-state index in [1.54, 1.807) is 60.2 Å². The van der Waals surface area contributed by atoms with Gasteiger partial charge in [0.15, 0.2) is 18.1 Å². The van der Waals surface area contributed by atoms with E-state index < -0.39 is 0 Å². The van der Waals surface area contributed by atoms with Crippen molar-refractivity contribution in [1.82, 2.24) is 9.88 Å². The zero-order chi connectivity index (χ0) is 26.3. The Kier molecular flexibility index (Phi) is 8.30. The van der Waals surface area contributed by atoms with Crippen LogP contribution in [0.15, 0.2) is 47.7 Å². The number of amides is 2. The van der Waals surface area contributed by atoms with Gasteiger partial charge in [0.1, 0.15) is 5.00 Å². The summed E-state index contributed by atoms with van der Waals surface area (Å²) >= 11 is 1.58. The molecule has 1 aromatic carbocycles. The first-order chi connectivity index (χ1) is 18.6. The molecule has 10 heteroatoms. The lowest BCUT2D eigenvalue weighted by Crippen LogP contribution is -2.43. The van der Waals surface area contributed by atoms with Crippen LogP contribution in [0.25, 0.3) is 0 Å². The number of carbonyl (C=O) groups excluding carboxylic acids is 2. The van der Waals surface area contributed by atoms with Gasteiger partial charge in [-0.3, -0.25) is 14.6 Å². The first kappa shape index (κ1) is 25.9. The maximum atomic E-state index is 13.3. The van der Waals surface area contributed by atoms with Gasteiger partial charge in [0.25, 0.3) is 11.8 Å². The Morgan fingerprint density at radius 3 is 2.82 bits per heavy atom. The van der Waals surface area contributed by atoms with Gasteiger partial charge in [-0.2, -0.15) is 0 Å². The van der Waals surface area contributed by atoms with Gasteiger partial charge in [0.2, 0.25) is 0 Å². The molecule has 0 unspecified atom stereocenters. The van der Waals surface area contributed by atoms with Gasteiger partial charge in [0, 0.05) is 30.4 Å². The minimum Gasteiger partial charge on any atom is -0.493 e. The van der Waals surface area contributed by atoms with Crippen molar-refractivity contribution in [3.8, 4) is 11.5 Å². The Labute approximate surface area is 225 Å². The van der Waals surface area contributed by atoms with E-state index in [9.17, 15) is 9.59 Å². The zero-order valence-corrected chi connectivity index (χ0v) is 22.1. The van der Waals surface area contributed by atoms with Crippen molar-refractivity contribution in [3.05, 3.63) is 64.3 Å². The predicted octanol–water partition coefficient (Wildman–Crippen LogP) is 4.27. The third-order valence-electron chi connectivity index (χ3n) is 6.53. The molecule has 1 aliphatic carbocycles. The number of methoxy groups -OCH3 is 1. The number of morpholine rings is 1. The molecule has 0 spiro atoms. The Morgan fingerprint density at radius 2 is 2.03 bits per heavy atom. The third kappa shape index (κ3) is 6.03. The van der Waals surface area contributed by atoms with Crippen molar-refractivity contribution in [2.24, 2.45) is 4.99 Å². The summed E-state index contributed by atoms with van der Waals surface area (Å²) in [6.45, 7) is 2.17. The van der Waals surface area contributed by atoms with Crippen LogP contribution in [-0.4, -0.2) is 67.9 Å². The van der Waals surface area contributed by atoms with Crippen LogP contribution in [0.3, 0.4) is 0 Å². The largest absolute Gasteiger partial charge is 0.493 e. The lowest BCUT2D eigenvalue weighted by atomic mass is 9.95. The normalized spacial score (nSPS) is 15.2. The molecule has 9 nitrogen and oxygen atoms in total. The first-order valence-electron chi connectivity index (χ1n) is 12.7. The summed E-state index contributed by atoms with van der Waals surface area (Å²) in [4.78, 5) is 37.5. The number of pyridine rings is 1. The number of nitrogens with one attached hydrogen (secondary N) is 1. The monoisotopic (exact) mass is 534 g/mol. The molecule has 2 aliphatic rings. The molecule has 3 aromatic rings. The van der Waals surface area contributed by atoms with Crippen molar-refractivity contribution < 1.29 is 23.8 Å². The Hall–Kier alpha value is -3.76. The van der Waals surface area contributed by atoms with Gasteiger partial charge >= 0.3 is 0 Å². The molecule has 2 aromatic heterocycles. The molecule has 3 heterocycles. The van der Waals surface area contributed by atoms with Crippen LogP contribution in [-0.2, 0) is 22.4 Å². The SMILES string of the molecule is COc1cc(C=Nc2sc3c(c2C(=O)Nc2cccnc2)CCCC3)ccc1OCC(=O)N1CCOCC1. The number of fused-ring (bicyclic) bond motifs is 1. The quantitative estimate of drug-likeness (QED) is 0.433. The Bertz CT molecular complexity index is 1320. The van der Waals surface area contributed by atoms with Crippen LogP contribution >= 0.6 is 11.3 Å². The molecule has 1 aliphatic heterocycles. The fourth-order valence-corrected chi connectivity index (χ4v) is 5.80. The fraction of sp³-hybridized carbons (Fsp3) is 0.357. The second kappa shape index (κ2) is 12.2. The molecular formula is C28H30N4O5S. The maximum Gasteiger partial charge on any atom is 0.260 e. The fourth-order valence-electron chi connectivity index (χ4n) is 4.57. The molecule has 5 rings (SSSR count). The summed E-state index contributed by atoms with van der Waals surface area (Å²) in [5, 5.41) is 3.65. The number of hydrogen-bond acceptors (Lipinski definition) is 8. The Morgan fingerprint density at radius 1 is 1.18 bits per heavy atom. The van der Waals surface area contributed by atoms with E-state index in [4.69, 9.17) is 19.2 Å². The number of nitrogens with zero attached hydrogens (tertiary/aromatic N) is 3. The summed E-state index contributed by atoms with van der Waals surface area (Å²) in [6.07, 6.45) is 9.05. The number of rotatable bonds is 8. The van der Waals surface area contributed by atoms with Gasteiger partial charge in [-0.25, -0.2) is 4.99 Å². The highest BCUT2D eigenvalue weighted by Crippen LogP contribution is 2.40. The summed E-state index contributed by atoms with van der Waals surface area (Å²) < 4.78 is 16.6. The van der Waals surface area contributed by atoms with E-state index >= 15 is 0 Å². The summed E-state index contributed by atoms with van der Waals surface area (Å²) in [5.41, 5.74) is 3.17. The predicted molar refractivity (Wildman–Crippen MR) is 146 cm³/mol. The zero-order valence-electron chi connectivity index (χ0n) is 21.3. The van der Waals surface area contributed by atoms with Crippen molar-refractivity contribution in [3.63, 3.8) is 0 Å². The molecule has 1 N–H and O–H groups in total. The summed E-state index contributed by atoms with van der Waals surface area (Å²) in [6, 6.07) is 9.03. The molecule has 0 radical (unpaired) electrons. The topological polar surface area (TPSA) is 102 Å². The molecule has 1 saturated heterocycles. The number of thiophene rings is 1. The number of hydrogen-bond donors (Lipinski definition) is 1. The molecule has 0 bridgehead atoms. The molecule has 0 saturated carbocycles. The highest BCUT2D eigenvalue weighted by atomic mass is 32.1. The van der Waals surface area contributed by atoms with E-state index in [2.05, 4.69) is 10.3 Å². The van der Waals surface area contributed by atoms with E-state index in [1.807, 2.05) is 12.1 Å². The Balaban J connectivity index is 1.33. The van der Waals surface area contributed by atoms with E-state index in [-0.39, 0.29) is 18.4 Å². The van der Waals surface area contributed by atoms with Crippen LogP contribution in [0.4, 0.5) is 10.7 Å². The van der Waals surface area contributed by atoms with Crippen LogP contribution in [0.5, 0.6) is 11.5 Å². The van der Waals surface area contributed by atoms with Gasteiger partial charge in [-0.05, 0) is 67.1 Å². The van der Waals surface area contributed by atoms with Crippen LogP contribution in [0.1, 0.15) is 39.2 Å². The van der Waals surface area contributed by atoms with Crippen molar-refractivity contribution in [2.75, 3.05) is 45.3 Å². The molecule has 38 heavy (non-hydrogen) atoms. The first-order valence-corrected chi connectivity index (χ1v) is 13.5. The minimum absolute atomic E-state index is 0.0695. The number of benzene rings is 1. The van der Waals surface area contributed by atoms with Crippen LogP contribution < -0.4 is 14.8 Å². The second-order valence-electron chi connectivity index (χ2n) is 9.04. The van der Waals surface area contributed by atoms with E-state index in [1.165, 1.54) is 4.88 Å². The average Bonchev–Trinajstić information content (AvgIpc) is 3.34. The third-order valence-corrected chi connectivity index (χ3v) is 7.73. The smallest absolute Gasteiger partial charge is 0.260 e.